The van der Waals surface area contributed by atoms with Crippen molar-refractivity contribution in [2.75, 3.05) is 13.2 Å². The molecule has 0 aliphatic heterocycles. The van der Waals surface area contributed by atoms with Gasteiger partial charge in [-0.3, -0.25) is 0 Å². The normalized spacial score (nSPS) is 12.0. The van der Waals surface area contributed by atoms with Crippen molar-refractivity contribution < 1.29 is 23.4 Å². The summed E-state index contributed by atoms with van der Waals surface area (Å²) in [6.45, 7) is 6.56. The van der Waals surface area contributed by atoms with Gasteiger partial charge in [-0.2, -0.15) is 0 Å². The summed E-state index contributed by atoms with van der Waals surface area (Å²) >= 11 is 7.40. The van der Waals surface area contributed by atoms with E-state index in [1.807, 2.05) is 50.2 Å². The summed E-state index contributed by atoms with van der Waals surface area (Å²) in [5, 5.41) is 0. The van der Waals surface area contributed by atoms with Crippen LogP contribution in [0.5, 0.6) is 5.75 Å². The number of carbonyl (C=O) groups excluding carboxylic acids is 1. The Balaban J connectivity index is 1.59. The lowest BCUT2D eigenvalue weighted by Gasteiger charge is -2.15. The predicted molar refractivity (Wildman–Crippen MR) is 116 cm³/mol. The van der Waals surface area contributed by atoms with Crippen LogP contribution in [0.25, 0.3) is 10.8 Å². The average Bonchev–Trinajstić information content (AvgIpc) is 3.32. The highest BCUT2D eigenvalue weighted by Crippen LogP contribution is 2.31. The Hall–Kier alpha value is -2.35. The van der Waals surface area contributed by atoms with E-state index in [4.69, 9.17) is 30.2 Å². The minimum atomic E-state index is -0.608. The van der Waals surface area contributed by atoms with Crippen molar-refractivity contribution in [3.63, 3.8) is 0 Å². The molecule has 0 fully saturated rings. The van der Waals surface area contributed by atoms with Crippen LogP contribution in [0.2, 0.25) is 4.34 Å². The number of benzene rings is 1. The van der Waals surface area contributed by atoms with Crippen molar-refractivity contribution in [2.24, 2.45) is 0 Å². The molecule has 30 heavy (non-hydrogen) atoms. The molecule has 0 unspecified atom stereocenters. The summed E-state index contributed by atoms with van der Waals surface area (Å²) in [5.74, 6) is 1.61. The fourth-order valence-corrected chi connectivity index (χ4v) is 3.80. The molecule has 160 valence electrons. The molecule has 0 saturated heterocycles. The third kappa shape index (κ3) is 5.84. The Bertz CT molecular complexity index is 966. The van der Waals surface area contributed by atoms with E-state index >= 15 is 0 Å². The summed E-state index contributed by atoms with van der Waals surface area (Å²) in [6, 6.07) is 11.2. The largest absolute Gasteiger partial charge is 0.487 e. The molecule has 1 atom stereocenters. The van der Waals surface area contributed by atoms with Gasteiger partial charge < -0.3 is 18.6 Å². The highest BCUT2D eigenvalue weighted by Gasteiger charge is 2.20. The first kappa shape index (κ1) is 22.3. The first-order valence-electron chi connectivity index (χ1n) is 9.72. The molecular formula is C22H24ClNO5S. The van der Waals surface area contributed by atoms with Crippen LogP contribution in [-0.4, -0.2) is 30.3 Å². The van der Waals surface area contributed by atoms with E-state index in [0.29, 0.717) is 41.4 Å². The first-order chi connectivity index (χ1) is 14.5. The number of thiophene rings is 1. The van der Waals surface area contributed by atoms with Gasteiger partial charge in [0, 0.05) is 13.0 Å². The molecule has 0 spiro atoms. The van der Waals surface area contributed by atoms with E-state index < -0.39 is 6.10 Å². The number of carbonyl (C=O) groups is 1. The molecule has 1 aromatic carbocycles. The Morgan fingerprint density at radius 2 is 1.93 bits per heavy atom. The average molecular weight is 450 g/mol. The van der Waals surface area contributed by atoms with Crippen LogP contribution in [0.15, 0.2) is 40.8 Å². The van der Waals surface area contributed by atoms with Gasteiger partial charge in [0.2, 0.25) is 5.89 Å². The number of aromatic nitrogens is 1. The molecule has 0 bridgehead atoms. The van der Waals surface area contributed by atoms with Gasteiger partial charge in [-0.15, -0.1) is 11.3 Å². The topological polar surface area (TPSA) is 70.8 Å². The lowest BCUT2D eigenvalue weighted by molar-refractivity contribution is -0.156. The van der Waals surface area contributed by atoms with Crippen molar-refractivity contribution in [1.82, 2.24) is 4.98 Å². The molecule has 0 saturated carbocycles. The minimum Gasteiger partial charge on any atom is -0.487 e. The summed E-state index contributed by atoms with van der Waals surface area (Å²) in [4.78, 5) is 17.4. The SMILES string of the molecule is CCOC(=O)[C@@H](Cc1ccc(OCc2nc(-c3ccc(Cl)s3)oc2C)cc1)OCC. The van der Waals surface area contributed by atoms with Crippen LogP contribution in [0.3, 0.4) is 0 Å². The van der Waals surface area contributed by atoms with Crippen LogP contribution in [0, 0.1) is 6.92 Å². The number of nitrogens with zero attached hydrogens (tertiary/aromatic N) is 1. The molecule has 8 heteroatoms. The molecule has 6 nitrogen and oxygen atoms in total. The number of hydrogen-bond donors (Lipinski definition) is 0. The van der Waals surface area contributed by atoms with E-state index in [0.717, 1.165) is 16.1 Å². The second-order valence-electron chi connectivity index (χ2n) is 6.46. The van der Waals surface area contributed by atoms with E-state index in [1.165, 1.54) is 11.3 Å². The van der Waals surface area contributed by atoms with Crippen molar-refractivity contribution >= 4 is 28.9 Å². The number of oxazole rings is 1. The van der Waals surface area contributed by atoms with Gasteiger partial charge in [0.05, 0.1) is 15.8 Å². The van der Waals surface area contributed by atoms with Crippen LogP contribution in [0.4, 0.5) is 0 Å². The zero-order valence-electron chi connectivity index (χ0n) is 17.1. The Morgan fingerprint density at radius 3 is 2.57 bits per heavy atom. The molecule has 3 aromatic rings. The zero-order valence-corrected chi connectivity index (χ0v) is 18.7. The Labute approximate surface area is 184 Å². The van der Waals surface area contributed by atoms with Crippen LogP contribution >= 0.6 is 22.9 Å². The maximum Gasteiger partial charge on any atom is 0.335 e. The molecule has 3 rings (SSSR count). The highest BCUT2D eigenvalue weighted by atomic mass is 35.5. The second kappa shape index (κ2) is 10.6. The predicted octanol–water partition coefficient (Wildman–Crippen LogP) is 5.45. The second-order valence-corrected chi connectivity index (χ2v) is 8.17. The van der Waals surface area contributed by atoms with Gasteiger partial charge in [-0.05, 0) is 50.6 Å². The number of halogens is 1. The van der Waals surface area contributed by atoms with Gasteiger partial charge >= 0.3 is 5.97 Å². The van der Waals surface area contributed by atoms with E-state index in [9.17, 15) is 4.79 Å². The number of esters is 1. The van der Waals surface area contributed by atoms with Crippen molar-refractivity contribution in [3.8, 4) is 16.5 Å². The third-order valence-corrected chi connectivity index (χ3v) is 5.53. The van der Waals surface area contributed by atoms with Crippen LogP contribution in [0.1, 0.15) is 30.9 Å². The highest BCUT2D eigenvalue weighted by molar-refractivity contribution is 7.19. The quantitative estimate of drug-likeness (QED) is 0.383. The molecule has 0 radical (unpaired) electrons. The van der Waals surface area contributed by atoms with Crippen molar-refractivity contribution in [2.45, 2.75) is 39.9 Å². The molecule has 2 aromatic heterocycles. The van der Waals surface area contributed by atoms with Gasteiger partial charge in [-0.25, -0.2) is 9.78 Å². The molecule has 0 aliphatic carbocycles. The third-order valence-electron chi connectivity index (χ3n) is 4.31. The van der Waals surface area contributed by atoms with Crippen LogP contribution < -0.4 is 4.74 Å². The maximum absolute atomic E-state index is 12.0. The van der Waals surface area contributed by atoms with Gasteiger partial charge in [-0.1, -0.05) is 23.7 Å². The number of ether oxygens (including phenoxy) is 3. The smallest absolute Gasteiger partial charge is 0.335 e. The summed E-state index contributed by atoms with van der Waals surface area (Å²) < 4.78 is 22.9. The van der Waals surface area contributed by atoms with Gasteiger partial charge in [0.25, 0.3) is 0 Å². The fourth-order valence-electron chi connectivity index (χ4n) is 2.83. The van der Waals surface area contributed by atoms with E-state index in [2.05, 4.69) is 4.98 Å². The minimum absolute atomic E-state index is 0.290. The number of hydrogen-bond acceptors (Lipinski definition) is 7. The fraction of sp³-hybridized carbons (Fsp3) is 0.364. The molecule has 0 amide bonds. The Kier molecular flexibility index (Phi) is 7.90. The molecule has 0 N–H and O–H groups in total. The van der Waals surface area contributed by atoms with Crippen molar-refractivity contribution in [1.29, 1.82) is 0 Å². The number of aryl methyl sites for hydroxylation is 1. The van der Waals surface area contributed by atoms with Gasteiger partial charge in [0.1, 0.15) is 23.8 Å². The number of rotatable bonds is 10. The summed E-state index contributed by atoms with van der Waals surface area (Å²) in [5.41, 5.74) is 1.70. The molecule has 0 aliphatic rings. The molecule has 2 heterocycles. The maximum atomic E-state index is 12.0. The van der Waals surface area contributed by atoms with E-state index in [1.54, 1.807) is 6.92 Å². The summed E-state index contributed by atoms with van der Waals surface area (Å²) in [6.07, 6.45) is -0.161. The van der Waals surface area contributed by atoms with Gasteiger partial charge in [0.15, 0.2) is 6.10 Å². The van der Waals surface area contributed by atoms with Crippen molar-refractivity contribution in [3.05, 3.63) is 57.8 Å². The van der Waals surface area contributed by atoms with E-state index in [-0.39, 0.29) is 12.6 Å². The summed E-state index contributed by atoms with van der Waals surface area (Å²) in [7, 11) is 0. The molecular weight excluding hydrogens is 426 g/mol. The first-order valence-corrected chi connectivity index (χ1v) is 10.9. The Morgan fingerprint density at radius 1 is 1.17 bits per heavy atom. The lowest BCUT2D eigenvalue weighted by atomic mass is 10.1. The van der Waals surface area contributed by atoms with Crippen LogP contribution in [-0.2, 0) is 27.3 Å². The monoisotopic (exact) mass is 449 g/mol. The lowest BCUT2D eigenvalue weighted by Crippen LogP contribution is -2.28. The zero-order chi connectivity index (χ0) is 21.5. The standard InChI is InChI=1S/C22H24ClNO5S/c1-4-26-18(22(25)27-5-2)12-15-6-8-16(9-7-15)28-13-17-14(3)29-21(24-17)19-10-11-20(23)30-19/h6-11,18H,4-5,12-13H2,1-3H3/t18-/m1/s1.